The van der Waals surface area contributed by atoms with E-state index < -0.39 is 5.97 Å². The topological polar surface area (TPSA) is 75.5 Å². The van der Waals surface area contributed by atoms with E-state index in [1.807, 2.05) is 6.07 Å². The minimum atomic E-state index is -1.06. The summed E-state index contributed by atoms with van der Waals surface area (Å²) in [6.45, 7) is 1.65. The Hall–Kier alpha value is -2.63. The summed E-state index contributed by atoms with van der Waals surface area (Å²) in [5.74, 6) is 0.525. The highest BCUT2D eigenvalue weighted by Gasteiger charge is 2.16. The van der Waals surface area contributed by atoms with Crippen LogP contribution in [0.25, 0.3) is 0 Å². The molecule has 0 atom stereocenters. The Kier molecular flexibility index (Phi) is 3.91. The van der Waals surface area contributed by atoms with Gasteiger partial charge in [0.15, 0.2) is 5.69 Å². The fourth-order valence-electron chi connectivity index (χ4n) is 2.65. The highest BCUT2D eigenvalue weighted by Crippen LogP contribution is 2.23. The SMILES string of the molecule is COc1ccc2c(c1)CCN(c1cnc(C(=O)O)cn1)CC2. The number of fused-ring (bicyclic) bond motifs is 1. The molecule has 0 bridgehead atoms. The predicted molar refractivity (Wildman–Crippen MR) is 81.6 cm³/mol. The number of carboxylic acids is 1. The van der Waals surface area contributed by atoms with E-state index in [0.717, 1.165) is 31.7 Å². The van der Waals surface area contributed by atoms with Crippen molar-refractivity contribution in [2.75, 3.05) is 25.1 Å². The van der Waals surface area contributed by atoms with Gasteiger partial charge in [-0.05, 0) is 36.1 Å². The van der Waals surface area contributed by atoms with Crippen LogP contribution in [0.4, 0.5) is 5.82 Å². The van der Waals surface area contributed by atoms with E-state index in [4.69, 9.17) is 9.84 Å². The van der Waals surface area contributed by atoms with Gasteiger partial charge in [0.25, 0.3) is 0 Å². The van der Waals surface area contributed by atoms with E-state index in [-0.39, 0.29) is 5.69 Å². The van der Waals surface area contributed by atoms with Crippen LogP contribution in [0, 0.1) is 0 Å². The molecular weight excluding hydrogens is 282 g/mol. The Balaban J connectivity index is 1.77. The van der Waals surface area contributed by atoms with Gasteiger partial charge in [-0.1, -0.05) is 6.07 Å². The lowest BCUT2D eigenvalue weighted by Gasteiger charge is -2.20. The Morgan fingerprint density at radius 3 is 2.59 bits per heavy atom. The fourth-order valence-corrected chi connectivity index (χ4v) is 2.65. The molecule has 1 aliphatic rings. The van der Waals surface area contributed by atoms with Crippen LogP contribution in [0.5, 0.6) is 5.75 Å². The third kappa shape index (κ3) is 2.86. The summed E-state index contributed by atoms with van der Waals surface area (Å²) in [4.78, 5) is 21.1. The number of carboxylic acid groups (broad SMARTS) is 1. The molecule has 1 aromatic carbocycles. The van der Waals surface area contributed by atoms with Crippen molar-refractivity contribution < 1.29 is 14.6 Å². The molecule has 114 valence electrons. The first-order chi connectivity index (χ1) is 10.7. The van der Waals surface area contributed by atoms with Gasteiger partial charge >= 0.3 is 5.97 Å². The van der Waals surface area contributed by atoms with E-state index >= 15 is 0 Å². The van der Waals surface area contributed by atoms with E-state index in [0.29, 0.717) is 5.82 Å². The van der Waals surface area contributed by atoms with Gasteiger partial charge in [-0.15, -0.1) is 0 Å². The largest absolute Gasteiger partial charge is 0.497 e. The minimum absolute atomic E-state index is 0.0356. The number of ether oxygens (including phenoxy) is 1. The van der Waals surface area contributed by atoms with Gasteiger partial charge in [0.2, 0.25) is 0 Å². The molecule has 0 saturated carbocycles. The molecule has 0 saturated heterocycles. The maximum atomic E-state index is 10.8. The third-order valence-corrected chi connectivity index (χ3v) is 3.90. The van der Waals surface area contributed by atoms with Crippen LogP contribution in [0.2, 0.25) is 0 Å². The quantitative estimate of drug-likeness (QED) is 0.931. The molecule has 0 aliphatic carbocycles. The lowest BCUT2D eigenvalue weighted by Crippen LogP contribution is -2.27. The highest BCUT2D eigenvalue weighted by atomic mass is 16.5. The Morgan fingerprint density at radius 2 is 1.95 bits per heavy atom. The summed E-state index contributed by atoms with van der Waals surface area (Å²) in [7, 11) is 1.67. The molecule has 1 aliphatic heterocycles. The lowest BCUT2D eigenvalue weighted by molar-refractivity contribution is 0.0690. The van der Waals surface area contributed by atoms with Crippen LogP contribution < -0.4 is 9.64 Å². The first-order valence-corrected chi connectivity index (χ1v) is 7.13. The number of aromatic nitrogens is 2. The van der Waals surface area contributed by atoms with Crippen LogP contribution in [-0.4, -0.2) is 41.2 Å². The Labute approximate surface area is 128 Å². The summed E-state index contributed by atoms with van der Waals surface area (Å²) < 4.78 is 5.28. The zero-order chi connectivity index (χ0) is 15.5. The molecule has 1 aromatic heterocycles. The average Bonchev–Trinajstić information content (AvgIpc) is 2.76. The number of methoxy groups -OCH3 is 1. The summed E-state index contributed by atoms with van der Waals surface area (Å²) in [6, 6.07) is 6.17. The second kappa shape index (κ2) is 6.01. The second-order valence-electron chi connectivity index (χ2n) is 5.19. The van der Waals surface area contributed by atoms with Crippen molar-refractivity contribution in [3.8, 4) is 5.75 Å². The standard InChI is InChI=1S/C16H17N3O3/c1-22-13-3-2-11-4-6-19(7-5-12(11)8-13)15-10-17-14(9-18-15)16(20)21/h2-3,8-10H,4-7H2,1H3,(H,20,21). The molecule has 6 heteroatoms. The maximum absolute atomic E-state index is 10.8. The molecule has 6 nitrogen and oxygen atoms in total. The first-order valence-electron chi connectivity index (χ1n) is 7.13. The monoisotopic (exact) mass is 299 g/mol. The molecule has 2 aromatic rings. The van der Waals surface area contributed by atoms with Gasteiger partial charge in [0.1, 0.15) is 11.6 Å². The second-order valence-corrected chi connectivity index (χ2v) is 5.19. The van der Waals surface area contributed by atoms with Gasteiger partial charge < -0.3 is 14.7 Å². The van der Waals surface area contributed by atoms with Crippen LogP contribution in [0.15, 0.2) is 30.6 Å². The number of anilines is 1. The van der Waals surface area contributed by atoms with E-state index in [2.05, 4.69) is 27.0 Å². The minimum Gasteiger partial charge on any atom is -0.497 e. The molecule has 0 fully saturated rings. The van der Waals surface area contributed by atoms with Gasteiger partial charge in [-0.25, -0.2) is 14.8 Å². The number of hydrogen-bond donors (Lipinski definition) is 1. The van der Waals surface area contributed by atoms with Crippen molar-refractivity contribution in [2.24, 2.45) is 0 Å². The first kappa shape index (κ1) is 14.3. The smallest absolute Gasteiger partial charge is 0.356 e. The molecule has 2 heterocycles. The van der Waals surface area contributed by atoms with Crippen molar-refractivity contribution in [2.45, 2.75) is 12.8 Å². The van der Waals surface area contributed by atoms with E-state index in [1.54, 1.807) is 7.11 Å². The Bertz CT molecular complexity index is 686. The molecule has 1 N–H and O–H groups in total. The number of hydrogen-bond acceptors (Lipinski definition) is 5. The highest BCUT2D eigenvalue weighted by molar-refractivity contribution is 5.84. The van der Waals surface area contributed by atoms with Crippen LogP contribution in [-0.2, 0) is 12.8 Å². The zero-order valence-corrected chi connectivity index (χ0v) is 12.3. The lowest BCUT2D eigenvalue weighted by atomic mass is 10.0. The molecule has 0 radical (unpaired) electrons. The van der Waals surface area contributed by atoms with E-state index in [9.17, 15) is 4.79 Å². The number of benzene rings is 1. The van der Waals surface area contributed by atoms with Crippen molar-refractivity contribution in [1.82, 2.24) is 9.97 Å². The average molecular weight is 299 g/mol. The zero-order valence-electron chi connectivity index (χ0n) is 12.3. The summed E-state index contributed by atoms with van der Waals surface area (Å²) >= 11 is 0. The van der Waals surface area contributed by atoms with Gasteiger partial charge in [0, 0.05) is 13.1 Å². The van der Waals surface area contributed by atoms with Crippen molar-refractivity contribution in [3.63, 3.8) is 0 Å². The van der Waals surface area contributed by atoms with Gasteiger partial charge in [0.05, 0.1) is 19.5 Å². The van der Waals surface area contributed by atoms with Crippen molar-refractivity contribution in [3.05, 3.63) is 47.4 Å². The molecule has 22 heavy (non-hydrogen) atoms. The van der Waals surface area contributed by atoms with Gasteiger partial charge in [-0.2, -0.15) is 0 Å². The molecule has 0 amide bonds. The number of aromatic carboxylic acids is 1. The van der Waals surface area contributed by atoms with E-state index in [1.165, 1.54) is 23.5 Å². The summed E-state index contributed by atoms with van der Waals surface area (Å²) in [6.07, 6.45) is 4.65. The van der Waals surface area contributed by atoms with Crippen molar-refractivity contribution >= 4 is 11.8 Å². The summed E-state index contributed by atoms with van der Waals surface area (Å²) in [5, 5.41) is 8.87. The molecular formula is C16H17N3O3. The van der Waals surface area contributed by atoms with Crippen LogP contribution in [0.3, 0.4) is 0 Å². The van der Waals surface area contributed by atoms with Gasteiger partial charge in [-0.3, -0.25) is 0 Å². The van der Waals surface area contributed by atoms with Crippen molar-refractivity contribution in [1.29, 1.82) is 0 Å². The molecule has 0 spiro atoms. The van der Waals surface area contributed by atoms with Crippen LogP contribution in [0.1, 0.15) is 21.6 Å². The summed E-state index contributed by atoms with van der Waals surface area (Å²) in [5.41, 5.74) is 2.57. The predicted octanol–water partition coefficient (Wildman–Crippen LogP) is 1.79. The number of carbonyl (C=O) groups is 1. The Morgan fingerprint density at radius 1 is 1.18 bits per heavy atom. The number of rotatable bonds is 3. The molecule has 0 unspecified atom stereocenters. The third-order valence-electron chi connectivity index (χ3n) is 3.90. The normalized spacial score (nSPS) is 14.1. The number of nitrogens with zero attached hydrogens (tertiary/aromatic N) is 3. The fraction of sp³-hybridized carbons (Fsp3) is 0.312. The molecule has 3 rings (SSSR count). The van der Waals surface area contributed by atoms with Crippen LogP contribution >= 0.6 is 0 Å². The maximum Gasteiger partial charge on any atom is 0.356 e.